The smallest absolute Gasteiger partial charge is 0.258 e. The Balaban J connectivity index is 1.73. The van der Waals surface area contributed by atoms with Crippen molar-refractivity contribution >= 4 is 28.8 Å². The Hall–Kier alpha value is -1.52. The van der Waals surface area contributed by atoms with Gasteiger partial charge in [0, 0.05) is 9.90 Å². The van der Waals surface area contributed by atoms with Gasteiger partial charge in [0.1, 0.15) is 5.75 Å². The van der Waals surface area contributed by atoms with Gasteiger partial charge in [-0.05, 0) is 35.7 Å². The summed E-state index contributed by atoms with van der Waals surface area (Å²) in [6.45, 7) is 0.549. The quantitative estimate of drug-likeness (QED) is 0.915. The third kappa shape index (κ3) is 4.05. The Bertz CT molecular complexity index is 496. The summed E-state index contributed by atoms with van der Waals surface area (Å²) in [5.74, 6) is 0.490. The third-order valence-corrected chi connectivity index (χ3v) is 3.35. The van der Waals surface area contributed by atoms with Crippen LogP contribution < -0.4 is 10.1 Å². The van der Waals surface area contributed by atoms with Gasteiger partial charge in [-0.1, -0.05) is 17.7 Å². The maximum Gasteiger partial charge on any atom is 0.258 e. The zero-order valence-corrected chi connectivity index (χ0v) is 11.1. The molecule has 1 aromatic carbocycles. The van der Waals surface area contributed by atoms with E-state index in [0.717, 1.165) is 4.88 Å². The number of hydrogen-bond donors (Lipinski definition) is 1. The molecule has 1 N–H and O–H groups in total. The van der Waals surface area contributed by atoms with Crippen molar-refractivity contribution in [2.45, 2.75) is 6.54 Å². The molecule has 0 spiro atoms. The minimum Gasteiger partial charge on any atom is -0.484 e. The maximum absolute atomic E-state index is 11.5. The Kier molecular flexibility index (Phi) is 4.61. The molecule has 0 fully saturated rings. The van der Waals surface area contributed by atoms with Gasteiger partial charge in [0.2, 0.25) is 0 Å². The van der Waals surface area contributed by atoms with Gasteiger partial charge in [-0.3, -0.25) is 4.79 Å². The van der Waals surface area contributed by atoms with Crippen molar-refractivity contribution in [2.24, 2.45) is 0 Å². The Morgan fingerprint density at radius 2 is 2.06 bits per heavy atom. The van der Waals surface area contributed by atoms with Crippen molar-refractivity contribution < 1.29 is 9.53 Å². The first-order chi connectivity index (χ1) is 8.74. The molecule has 0 bridgehead atoms. The molecular formula is C13H12ClNO2S. The van der Waals surface area contributed by atoms with E-state index >= 15 is 0 Å². The highest BCUT2D eigenvalue weighted by Gasteiger charge is 2.03. The van der Waals surface area contributed by atoms with Gasteiger partial charge < -0.3 is 10.1 Å². The predicted octanol–water partition coefficient (Wildman–Crippen LogP) is 3.10. The Morgan fingerprint density at radius 1 is 1.28 bits per heavy atom. The lowest BCUT2D eigenvalue weighted by molar-refractivity contribution is -0.123. The average Bonchev–Trinajstić information content (AvgIpc) is 2.89. The fourth-order valence-electron chi connectivity index (χ4n) is 1.33. The van der Waals surface area contributed by atoms with Crippen LogP contribution in [0.4, 0.5) is 0 Å². The number of halogens is 1. The predicted molar refractivity (Wildman–Crippen MR) is 73.1 cm³/mol. The standard InChI is InChI=1S/C13H12ClNO2S/c14-10-3-5-11(6-4-10)17-9-13(16)15-8-12-2-1-7-18-12/h1-7H,8-9H2,(H,15,16). The lowest BCUT2D eigenvalue weighted by Crippen LogP contribution is -2.28. The molecule has 0 radical (unpaired) electrons. The highest BCUT2D eigenvalue weighted by Crippen LogP contribution is 2.15. The van der Waals surface area contributed by atoms with Crippen LogP contribution in [0.2, 0.25) is 5.02 Å². The molecule has 2 rings (SSSR count). The minimum atomic E-state index is -0.140. The fourth-order valence-corrected chi connectivity index (χ4v) is 2.10. The van der Waals surface area contributed by atoms with Gasteiger partial charge in [0.15, 0.2) is 6.61 Å². The van der Waals surface area contributed by atoms with Gasteiger partial charge in [-0.2, -0.15) is 0 Å². The fraction of sp³-hybridized carbons (Fsp3) is 0.154. The Labute approximate surface area is 114 Å². The normalized spacial score (nSPS) is 10.1. The van der Waals surface area contributed by atoms with Crippen LogP contribution in [0, 0.1) is 0 Å². The molecule has 0 saturated heterocycles. The van der Waals surface area contributed by atoms with E-state index in [1.165, 1.54) is 0 Å². The summed E-state index contributed by atoms with van der Waals surface area (Å²) in [7, 11) is 0. The summed E-state index contributed by atoms with van der Waals surface area (Å²) < 4.78 is 5.33. The molecule has 18 heavy (non-hydrogen) atoms. The zero-order valence-electron chi connectivity index (χ0n) is 9.56. The van der Waals surface area contributed by atoms with E-state index in [-0.39, 0.29) is 12.5 Å². The van der Waals surface area contributed by atoms with Crippen LogP contribution in [-0.4, -0.2) is 12.5 Å². The number of carbonyl (C=O) groups excluding carboxylic acids is 1. The van der Waals surface area contributed by atoms with E-state index in [2.05, 4.69) is 5.32 Å². The van der Waals surface area contributed by atoms with Crippen molar-refractivity contribution in [1.82, 2.24) is 5.32 Å². The van der Waals surface area contributed by atoms with Crippen LogP contribution in [0.15, 0.2) is 41.8 Å². The van der Waals surface area contributed by atoms with Crippen LogP contribution in [-0.2, 0) is 11.3 Å². The molecule has 2 aromatic rings. The van der Waals surface area contributed by atoms with Crippen LogP contribution in [0.1, 0.15) is 4.88 Å². The molecule has 1 aromatic heterocycles. The molecule has 5 heteroatoms. The van der Waals surface area contributed by atoms with E-state index in [4.69, 9.17) is 16.3 Å². The van der Waals surface area contributed by atoms with Crippen molar-refractivity contribution in [1.29, 1.82) is 0 Å². The van der Waals surface area contributed by atoms with Crippen molar-refractivity contribution in [2.75, 3.05) is 6.61 Å². The topological polar surface area (TPSA) is 38.3 Å². The number of thiophene rings is 1. The van der Waals surface area contributed by atoms with Crippen molar-refractivity contribution in [3.05, 3.63) is 51.7 Å². The van der Waals surface area contributed by atoms with E-state index in [0.29, 0.717) is 17.3 Å². The first-order valence-corrected chi connectivity index (χ1v) is 6.67. The van der Waals surface area contributed by atoms with Crippen LogP contribution in [0.3, 0.4) is 0 Å². The van der Waals surface area contributed by atoms with E-state index in [1.54, 1.807) is 35.6 Å². The van der Waals surface area contributed by atoms with Crippen LogP contribution in [0.25, 0.3) is 0 Å². The highest BCUT2D eigenvalue weighted by atomic mass is 35.5. The minimum absolute atomic E-state index is 0.00695. The molecule has 0 aliphatic carbocycles. The second-order valence-corrected chi connectivity index (χ2v) is 5.07. The molecule has 0 aliphatic rings. The molecule has 1 heterocycles. The van der Waals surface area contributed by atoms with Crippen molar-refractivity contribution in [3.63, 3.8) is 0 Å². The van der Waals surface area contributed by atoms with Gasteiger partial charge in [-0.25, -0.2) is 0 Å². The van der Waals surface area contributed by atoms with Gasteiger partial charge in [0.25, 0.3) is 5.91 Å². The maximum atomic E-state index is 11.5. The lowest BCUT2D eigenvalue weighted by Gasteiger charge is -2.06. The van der Waals surface area contributed by atoms with Gasteiger partial charge >= 0.3 is 0 Å². The van der Waals surface area contributed by atoms with E-state index in [1.807, 2.05) is 17.5 Å². The second kappa shape index (κ2) is 6.42. The summed E-state index contributed by atoms with van der Waals surface area (Å²) in [5, 5.41) is 5.41. The first-order valence-electron chi connectivity index (χ1n) is 5.41. The number of benzene rings is 1. The second-order valence-electron chi connectivity index (χ2n) is 3.60. The number of amides is 1. The number of nitrogens with one attached hydrogen (secondary N) is 1. The zero-order chi connectivity index (χ0) is 12.8. The number of hydrogen-bond acceptors (Lipinski definition) is 3. The summed E-state index contributed by atoms with van der Waals surface area (Å²) in [6, 6.07) is 10.8. The molecule has 0 saturated carbocycles. The van der Waals surface area contributed by atoms with E-state index < -0.39 is 0 Å². The van der Waals surface area contributed by atoms with Gasteiger partial charge in [0.05, 0.1) is 6.54 Å². The van der Waals surface area contributed by atoms with Gasteiger partial charge in [-0.15, -0.1) is 11.3 Å². The number of carbonyl (C=O) groups is 1. The SMILES string of the molecule is O=C(COc1ccc(Cl)cc1)NCc1cccs1. The molecule has 3 nitrogen and oxygen atoms in total. The summed E-state index contributed by atoms with van der Waals surface area (Å²) >= 11 is 7.36. The monoisotopic (exact) mass is 281 g/mol. The summed E-state index contributed by atoms with van der Waals surface area (Å²) in [6.07, 6.45) is 0. The average molecular weight is 282 g/mol. The number of ether oxygens (including phenoxy) is 1. The lowest BCUT2D eigenvalue weighted by atomic mass is 10.3. The number of rotatable bonds is 5. The Morgan fingerprint density at radius 3 is 2.72 bits per heavy atom. The molecule has 0 aliphatic heterocycles. The third-order valence-electron chi connectivity index (χ3n) is 2.22. The largest absolute Gasteiger partial charge is 0.484 e. The van der Waals surface area contributed by atoms with Crippen LogP contribution >= 0.6 is 22.9 Å². The molecule has 0 unspecified atom stereocenters. The van der Waals surface area contributed by atoms with E-state index in [9.17, 15) is 4.79 Å². The molecular weight excluding hydrogens is 270 g/mol. The summed E-state index contributed by atoms with van der Waals surface area (Å²) in [5.41, 5.74) is 0. The van der Waals surface area contributed by atoms with Crippen LogP contribution in [0.5, 0.6) is 5.75 Å². The molecule has 0 atom stereocenters. The van der Waals surface area contributed by atoms with Crippen molar-refractivity contribution in [3.8, 4) is 5.75 Å². The molecule has 1 amide bonds. The molecule has 94 valence electrons. The highest BCUT2D eigenvalue weighted by molar-refractivity contribution is 7.09. The summed E-state index contributed by atoms with van der Waals surface area (Å²) in [4.78, 5) is 12.6. The first kappa shape index (κ1) is 12.9.